The molecule has 0 spiro atoms. The molecular weight excluding hydrogens is 351 g/mol. The van der Waals surface area contributed by atoms with Crippen LogP contribution in [0, 0.1) is 12.7 Å². The molecule has 0 saturated carbocycles. The first-order chi connectivity index (χ1) is 12.4. The number of hydrogen-bond acceptors (Lipinski definition) is 4. The van der Waals surface area contributed by atoms with Crippen LogP contribution in [0.25, 0.3) is 11.4 Å². The van der Waals surface area contributed by atoms with E-state index in [1.807, 2.05) is 45.2 Å². The second-order valence-electron chi connectivity index (χ2n) is 5.99. The minimum absolute atomic E-state index is 0.106. The van der Waals surface area contributed by atoms with Gasteiger partial charge in [0.2, 0.25) is 5.91 Å². The predicted molar refractivity (Wildman–Crippen MR) is 102 cm³/mol. The van der Waals surface area contributed by atoms with Gasteiger partial charge in [0.25, 0.3) is 0 Å². The van der Waals surface area contributed by atoms with E-state index in [0.29, 0.717) is 11.0 Å². The summed E-state index contributed by atoms with van der Waals surface area (Å²) in [7, 11) is 1.83. The van der Waals surface area contributed by atoms with Gasteiger partial charge in [0, 0.05) is 18.3 Å². The molecule has 1 amide bonds. The van der Waals surface area contributed by atoms with Crippen LogP contribution in [0.4, 0.5) is 10.1 Å². The maximum atomic E-state index is 13.1. The molecule has 0 saturated heterocycles. The van der Waals surface area contributed by atoms with Gasteiger partial charge in [-0.2, -0.15) is 0 Å². The van der Waals surface area contributed by atoms with Gasteiger partial charge in [-0.3, -0.25) is 4.79 Å². The van der Waals surface area contributed by atoms with Crippen molar-refractivity contribution in [2.45, 2.75) is 24.3 Å². The Bertz CT molecular complexity index is 906. The van der Waals surface area contributed by atoms with Gasteiger partial charge in [0.1, 0.15) is 5.82 Å². The van der Waals surface area contributed by atoms with E-state index < -0.39 is 0 Å². The van der Waals surface area contributed by atoms with Gasteiger partial charge < -0.3 is 9.88 Å². The minimum atomic E-state index is -0.347. The lowest BCUT2D eigenvalue weighted by molar-refractivity contribution is -0.115. The van der Waals surface area contributed by atoms with Crippen molar-refractivity contribution in [2.24, 2.45) is 7.05 Å². The molecule has 3 aromatic rings. The first kappa shape index (κ1) is 18.1. The lowest BCUT2D eigenvalue weighted by Crippen LogP contribution is -2.22. The van der Waals surface area contributed by atoms with E-state index in [9.17, 15) is 9.18 Å². The molecule has 7 heteroatoms. The highest BCUT2D eigenvalue weighted by Gasteiger charge is 2.19. The fourth-order valence-electron chi connectivity index (χ4n) is 2.36. The molecule has 134 valence electrons. The SMILES string of the molecule is Cc1ccc(NC(=O)[C@H](C)Sc2nnc(-c3ccc(F)cc3)n2C)cc1. The molecule has 0 fully saturated rings. The Labute approximate surface area is 155 Å². The number of carbonyl (C=O) groups is 1. The summed E-state index contributed by atoms with van der Waals surface area (Å²) in [6, 6.07) is 13.7. The standard InChI is InChI=1S/C19H19FN4OS/c1-12-4-10-16(11-5-12)21-18(25)13(2)26-19-23-22-17(24(19)3)14-6-8-15(20)9-7-14/h4-11,13H,1-3H3,(H,21,25)/t13-/m0/s1. The summed E-state index contributed by atoms with van der Waals surface area (Å²) >= 11 is 1.32. The molecule has 5 nitrogen and oxygen atoms in total. The highest BCUT2D eigenvalue weighted by molar-refractivity contribution is 8.00. The third-order valence-corrected chi connectivity index (χ3v) is 5.04. The summed E-state index contributed by atoms with van der Waals surface area (Å²) in [6.07, 6.45) is 0. The molecule has 0 radical (unpaired) electrons. The van der Waals surface area contributed by atoms with Gasteiger partial charge >= 0.3 is 0 Å². The van der Waals surface area contributed by atoms with E-state index in [2.05, 4.69) is 15.5 Å². The molecule has 1 atom stereocenters. The zero-order chi connectivity index (χ0) is 18.7. The molecule has 1 heterocycles. The molecule has 0 aliphatic heterocycles. The molecular formula is C19H19FN4OS. The first-order valence-corrected chi connectivity index (χ1v) is 9.01. The average Bonchev–Trinajstić information content (AvgIpc) is 2.98. The highest BCUT2D eigenvalue weighted by Crippen LogP contribution is 2.26. The normalized spacial score (nSPS) is 12.0. The van der Waals surface area contributed by atoms with Gasteiger partial charge in [-0.05, 0) is 50.2 Å². The number of benzene rings is 2. The number of aromatic nitrogens is 3. The molecule has 0 bridgehead atoms. The minimum Gasteiger partial charge on any atom is -0.325 e. The number of thioether (sulfide) groups is 1. The lowest BCUT2D eigenvalue weighted by atomic mass is 10.2. The van der Waals surface area contributed by atoms with Gasteiger partial charge in [0.05, 0.1) is 5.25 Å². The van der Waals surface area contributed by atoms with Gasteiger partial charge in [-0.1, -0.05) is 29.5 Å². The number of halogens is 1. The molecule has 1 aromatic heterocycles. The Balaban J connectivity index is 1.69. The monoisotopic (exact) mass is 370 g/mol. The third kappa shape index (κ3) is 4.11. The van der Waals surface area contributed by atoms with Crippen molar-refractivity contribution in [3.63, 3.8) is 0 Å². The van der Waals surface area contributed by atoms with E-state index in [4.69, 9.17) is 0 Å². The summed E-state index contributed by atoms with van der Waals surface area (Å²) < 4.78 is 14.9. The van der Waals surface area contributed by atoms with Crippen LogP contribution in [0.5, 0.6) is 0 Å². The average molecular weight is 370 g/mol. The van der Waals surface area contributed by atoms with Gasteiger partial charge in [-0.25, -0.2) is 4.39 Å². The van der Waals surface area contributed by atoms with Crippen LogP contribution < -0.4 is 5.32 Å². The van der Waals surface area contributed by atoms with E-state index in [0.717, 1.165) is 16.8 Å². The van der Waals surface area contributed by atoms with Gasteiger partial charge in [-0.15, -0.1) is 10.2 Å². The molecule has 3 rings (SSSR count). The maximum absolute atomic E-state index is 13.1. The molecule has 0 aliphatic carbocycles. The van der Waals surface area contributed by atoms with Crippen molar-refractivity contribution < 1.29 is 9.18 Å². The van der Waals surface area contributed by atoms with Crippen molar-refractivity contribution >= 4 is 23.4 Å². The summed E-state index contributed by atoms with van der Waals surface area (Å²) in [6.45, 7) is 3.82. The van der Waals surface area contributed by atoms with E-state index >= 15 is 0 Å². The number of anilines is 1. The van der Waals surface area contributed by atoms with Crippen molar-refractivity contribution in [3.8, 4) is 11.4 Å². The van der Waals surface area contributed by atoms with Crippen LogP contribution in [0.1, 0.15) is 12.5 Å². The smallest absolute Gasteiger partial charge is 0.237 e. The third-order valence-electron chi connectivity index (χ3n) is 3.91. The van der Waals surface area contributed by atoms with Crippen LogP contribution in [0.3, 0.4) is 0 Å². The number of nitrogens with one attached hydrogen (secondary N) is 1. The largest absolute Gasteiger partial charge is 0.325 e. The number of carbonyl (C=O) groups excluding carboxylic acids is 1. The number of nitrogens with zero attached hydrogens (tertiary/aromatic N) is 3. The van der Waals surface area contributed by atoms with Crippen LogP contribution in [-0.2, 0) is 11.8 Å². The van der Waals surface area contributed by atoms with Crippen molar-refractivity contribution in [1.82, 2.24) is 14.8 Å². The maximum Gasteiger partial charge on any atom is 0.237 e. The Hall–Kier alpha value is -2.67. The van der Waals surface area contributed by atoms with Crippen LogP contribution >= 0.6 is 11.8 Å². The Morgan fingerprint density at radius 2 is 1.77 bits per heavy atom. The number of aryl methyl sites for hydroxylation is 1. The van der Waals surface area contributed by atoms with Crippen LogP contribution in [-0.4, -0.2) is 25.9 Å². The quantitative estimate of drug-likeness (QED) is 0.689. The van der Waals surface area contributed by atoms with Crippen molar-refractivity contribution in [3.05, 3.63) is 59.9 Å². The van der Waals surface area contributed by atoms with Crippen molar-refractivity contribution in [2.75, 3.05) is 5.32 Å². The Morgan fingerprint density at radius 1 is 1.12 bits per heavy atom. The van der Waals surface area contributed by atoms with E-state index in [1.54, 1.807) is 16.7 Å². The molecule has 0 aliphatic rings. The zero-order valence-electron chi connectivity index (χ0n) is 14.7. The van der Waals surface area contributed by atoms with Crippen LogP contribution in [0.2, 0.25) is 0 Å². The van der Waals surface area contributed by atoms with Crippen molar-refractivity contribution in [1.29, 1.82) is 0 Å². The van der Waals surface area contributed by atoms with Gasteiger partial charge in [0.15, 0.2) is 11.0 Å². The molecule has 0 unspecified atom stereocenters. The number of hydrogen-bond donors (Lipinski definition) is 1. The van der Waals surface area contributed by atoms with Crippen LogP contribution in [0.15, 0.2) is 53.7 Å². The predicted octanol–water partition coefficient (Wildman–Crippen LogP) is 4.05. The van der Waals surface area contributed by atoms with E-state index in [1.165, 1.54) is 23.9 Å². The molecule has 26 heavy (non-hydrogen) atoms. The number of rotatable bonds is 5. The lowest BCUT2D eigenvalue weighted by Gasteiger charge is -2.12. The summed E-state index contributed by atoms with van der Waals surface area (Å²) in [5.74, 6) is 0.218. The van der Waals surface area contributed by atoms with E-state index in [-0.39, 0.29) is 17.0 Å². The summed E-state index contributed by atoms with van der Waals surface area (Å²) in [5.41, 5.74) is 2.67. The molecule has 1 N–H and O–H groups in total. The summed E-state index contributed by atoms with van der Waals surface area (Å²) in [5, 5.41) is 11.5. The Kier molecular flexibility index (Phi) is 5.37. The molecule has 2 aromatic carbocycles. The summed E-state index contributed by atoms with van der Waals surface area (Å²) in [4.78, 5) is 12.4. The second-order valence-corrected chi connectivity index (χ2v) is 7.30. The highest BCUT2D eigenvalue weighted by atomic mass is 32.2. The fourth-order valence-corrected chi connectivity index (χ4v) is 3.18. The Morgan fingerprint density at radius 3 is 2.42 bits per heavy atom. The number of amides is 1. The first-order valence-electron chi connectivity index (χ1n) is 8.13. The zero-order valence-corrected chi connectivity index (χ0v) is 15.5. The fraction of sp³-hybridized carbons (Fsp3) is 0.211. The topological polar surface area (TPSA) is 59.8 Å². The second kappa shape index (κ2) is 7.70.